The maximum absolute atomic E-state index is 13.7. The quantitative estimate of drug-likeness (QED) is 0.539. The van der Waals surface area contributed by atoms with Crippen molar-refractivity contribution >= 4 is 21.8 Å². The third-order valence-corrected chi connectivity index (χ3v) is 3.74. The molecule has 4 rings (SSSR count). The monoisotopic (exact) mass is 277 g/mol. The summed E-state index contributed by atoms with van der Waals surface area (Å²) in [5, 5.41) is 11.6. The predicted molar refractivity (Wildman–Crippen MR) is 82.4 cm³/mol. The first kappa shape index (κ1) is 12.0. The van der Waals surface area contributed by atoms with E-state index in [2.05, 4.69) is 0 Å². The summed E-state index contributed by atoms with van der Waals surface area (Å²) in [6.45, 7) is 0. The molecule has 21 heavy (non-hydrogen) atoms. The van der Waals surface area contributed by atoms with Crippen LogP contribution in [0.1, 0.15) is 0 Å². The summed E-state index contributed by atoms with van der Waals surface area (Å²) in [5.74, 6) is -0.0453. The second-order valence-electron chi connectivity index (χ2n) is 5.03. The van der Waals surface area contributed by atoms with Crippen molar-refractivity contribution < 1.29 is 9.50 Å². The van der Waals surface area contributed by atoms with E-state index < -0.39 is 0 Å². The Labute approximate surface area is 120 Å². The van der Waals surface area contributed by atoms with Gasteiger partial charge in [0.25, 0.3) is 0 Å². The highest BCUT2D eigenvalue weighted by Gasteiger charge is 2.12. The summed E-state index contributed by atoms with van der Waals surface area (Å²) in [7, 11) is 0. The van der Waals surface area contributed by atoms with Crippen LogP contribution in [0.3, 0.4) is 0 Å². The Hall–Kier alpha value is -2.81. The average Bonchev–Trinajstić information content (AvgIpc) is 2.82. The number of aromatic nitrogens is 1. The highest BCUT2D eigenvalue weighted by atomic mass is 19.1. The van der Waals surface area contributed by atoms with Gasteiger partial charge in [-0.2, -0.15) is 0 Å². The van der Waals surface area contributed by atoms with Crippen LogP contribution in [0.25, 0.3) is 27.5 Å². The van der Waals surface area contributed by atoms with Crippen LogP contribution in [-0.2, 0) is 0 Å². The smallest absolute Gasteiger partial charge is 0.125 e. The average molecular weight is 277 g/mol. The van der Waals surface area contributed by atoms with Crippen molar-refractivity contribution in [3.63, 3.8) is 0 Å². The fourth-order valence-electron chi connectivity index (χ4n) is 2.82. The maximum atomic E-state index is 13.7. The number of phenolic OH excluding ortho intramolecular Hbond substituents is 1. The van der Waals surface area contributed by atoms with Crippen LogP contribution >= 0.6 is 0 Å². The molecular weight excluding hydrogens is 265 g/mol. The molecule has 1 heterocycles. The first-order valence-electron chi connectivity index (χ1n) is 6.72. The van der Waals surface area contributed by atoms with E-state index in [4.69, 9.17) is 0 Å². The van der Waals surface area contributed by atoms with Gasteiger partial charge in [0.2, 0.25) is 0 Å². The number of hydrogen-bond donors (Lipinski definition) is 1. The van der Waals surface area contributed by atoms with Crippen molar-refractivity contribution in [1.29, 1.82) is 0 Å². The molecule has 3 heteroatoms. The molecule has 0 aliphatic heterocycles. The third-order valence-electron chi connectivity index (χ3n) is 3.74. The minimum absolute atomic E-state index is 0.214. The van der Waals surface area contributed by atoms with Gasteiger partial charge in [-0.1, -0.05) is 18.2 Å². The van der Waals surface area contributed by atoms with E-state index in [9.17, 15) is 9.50 Å². The van der Waals surface area contributed by atoms with E-state index in [1.807, 2.05) is 47.0 Å². The van der Waals surface area contributed by atoms with E-state index >= 15 is 0 Å². The SMILES string of the molecule is Oc1ccc(-n2c3ccccc3c3ccc(F)cc32)cc1. The Kier molecular flexibility index (Phi) is 2.48. The summed E-state index contributed by atoms with van der Waals surface area (Å²) >= 11 is 0. The molecule has 4 aromatic rings. The summed E-state index contributed by atoms with van der Waals surface area (Å²) in [4.78, 5) is 0. The molecule has 102 valence electrons. The van der Waals surface area contributed by atoms with Crippen molar-refractivity contribution in [3.05, 3.63) is 72.5 Å². The van der Waals surface area contributed by atoms with Gasteiger partial charge in [0, 0.05) is 16.5 Å². The molecule has 0 aliphatic rings. The van der Waals surface area contributed by atoms with Gasteiger partial charge in [-0.15, -0.1) is 0 Å². The van der Waals surface area contributed by atoms with Crippen molar-refractivity contribution in [2.45, 2.75) is 0 Å². The second-order valence-corrected chi connectivity index (χ2v) is 5.03. The van der Waals surface area contributed by atoms with Gasteiger partial charge in [-0.3, -0.25) is 0 Å². The molecular formula is C18H12FNO. The molecule has 0 bridgehead atoms. The van der Waals surface area contributed by atoms with Gasteiger partial charge >= 0.3 is 0 Å². The first-order chi connectivity index (χ1) is 10.2. The van der Waals surface area contributed by atoms with Crippen molar-refractivity contribution in [2.75, 3.05) is 0 Å². The van der Waals surface area contributed by atoms with Crippen molar-refractivity contribution in [1.82, 2.24) is 4.57 Å². The Morgan fingerprint density at radius 2 is 1.48 bits per heavy atom. The van der Waals surface area contributed by atoms with Gasteiger partial charge in [0.05, 0.1) is 11.0 Å². The number of phenols is 1. The van der Waals surface area contributed by atoms with Crippen LogP contribution in [-0.4, -0.2) is 9.67 Å². The zero-order valence-electron chi connectivity index (χ0n) is 11.1. The number of hydrogen-bond acceptors (Lipinski definition) is 1. The highest BCUT2D eigenvalue weighted by molar-refractivity contribution is 6.09. The van der Waals surface area contributed by atoms with Crippen molar-refractivity contribution in [3.8, 4) is 11.4 Å². The molecule has 0 saturated heterocycles. The lowest BCUT2D eigenvalue weighted by Crippen LogP contribution is -1.93. The number of halogens is 1. The molecule has 0 saturated carbocycles. The summed E-state index contributed by atoms with van der Waals surface area (Å²) in [5.41, 5.74) is 2.73. The molecule has 1 aromatic heterocycles. The number of fused-ring (bicyclic) bond motifs is 3. The predicted octanol–water partition coefficient (Wildman–Crippen LogP) is 4.63. The summed E-state index contributed by atoms with van der Waals surface area (Å²) in [6.07, 6.45) is 0. The standard InChI is InChI=1S/C18H12FNO/c19-12-5-10-16-15-3-1-2-4-17(15)20(18(16)11-12)13-6-8-14(21)9-7-13/h1-11,21H. The molecule has 0 radical (unpaired) electrons. The Bertz CT molecular complexity index is 954. The topological polar surface area (TPSA) is 25.2 Å². The normalized spacial score (nSPS) is 11.3. The molecule has 0 amide bonds. The van der Waals surface area contributed by atoms with E-state index in [-0.39, 0.29) is 11.6 Å². The number of para-hydroxylation sites is 1. The summed E-state index contributed by atoms with van der Waals surface area (Å²) < 4.78 is 15.7. The minimum atomic E-state index is -0.259. The van der Waals surface area contributed by atoms with Gasteiger partial charge in [0.15, 0.2) is 0 Å². The van der Waals surface area contributed by atoms with Crippen LogP contribution < -0.4 is 0 Å². The molecule has 0 aliphatic carbocycles. The lowest BCUT2D eigenvalue weighted by molar-refractivity contribution is 0.475. The van der Waals surface area contributed by atoms with Crippen molar-refractivity contribution in [2.24, 2.45) is 0 Å². The lowest BCUT2D eigenvalue weighted by atomic mass is 10.1. The van der Waals surface area contributed by atoms with E-state index in [0.29, 0.717) is 0 Å². The molecule has 0 unspecified atom stereocenters. The largest absolute Gasteiger partial charge is 0.508 e. The van der Waals surface area contributed by atoms with E-state index in [1.54, 1.807) is 18.2 Å². The lowest BCUT2D eigenvalue weighted by Gasteiger charge is -2.07. The zero-order valence-corrected chi connectivity index (χ0v) is 11.1. The fraction of sp³-hybridized carbons (Fsp3) is 0. The Morgan fingerprint density at radius 1 is 0.762 bits per heavy atom. The maximum Gasteiger partial charge on any atom is 0.125 e. The number of benzene rings is 3. The Balaban J connectivity index is 2.18. The number of rotatable bonds is 1. The molecule has 2 nitrogen and oxygen atoms in total. The molecule has 1 N–H and O–H groups in total. The highest BCUT2D eigenvalue weighted by Crippen LogP contribution is 2.32. The van der Waals surface area contributed by atoms with Crippen LogP contribution in [0, 0.1) is 5.82 Å². The molecule has 0 spiro atoms. The zero-order chi connectivity index (χ0) is 14.4. The van der Waals surface area contributed by atoms with Gasteiger partial charge in [-0.05, 0) is 48.5 Å². The Morgan fingerprint density at radius 3 is 2.29 bits per heavy atom. The van der Waals surface area contributed by atoms with Crippen LogP contribution in [0.5, 0.6) is 5.75 Å². The summed E-state index contributed by atoms with van der Waals surface area (Å²) in [6, 6.07) is 19.7. The second kappa shape index (κ2) is 4.35. The third kappa shape index (κ3) is 1.78. The van der Waals surface area contributed by atoms with Crippen LogP contribution in [0.15, 0.2) is 66.7 Å². The molecule has 0 atom stereocenters. The van der Waals surface area contributed by atoms with E-state index in [1.165, 1.54) is 6.07 Å². The molecule has 3 aromatic carbocycles. The number of nitrogens with zero attached hydrogens (tertiary/aromatic N) is 1. The van der Waals surface area contributed by atoms with Gasteiger partial charge < -0.3 is 9.67 Å². The minimum Gasteiger partial charge on any atom is -0.508 e. The number of aromatic hydroxyl groups is 1. The van der Waals surface area contributed by atoms with Crippen LogP contribution in [0.4, 0.5) is 4.39 Å². The van der Waals surface area contributed by atoms with E-state index in [0.717, 1.165) is 27.5 Å². The van der Waals surface area contributed by atoms with Gasteiger partial charge in [0.1, 0.15) is 11.6 Å². The molecule has 0 fully saturated rings. The fourth-order valence-corrected chi connectivity index (χ4v) is 2.82. The van der Waals surface area contributed by atoms with Gasteiger partial charge in [-0.25, -0.2) is 4.39 Å². The first-order valence-corrected chi connectivity index (χ1v) is 6.72. The van der Waals surface area contributed by atoms with Crippen LogP contribution in [0.2, 0.25) is 0 Å².